The molecule has 0 unspecified atom stereocenters. The number of benzene rings is 1. The van der Waals surface area contributed by atoms with E-state index in [0.29, 0.717) is 40.8 Å². The molecule has 0 aliphatic rings. The fourth-order valence-electron chi connectivity index (χ4n) is 2.64. The number of hydrogen-bond donors (Lipinski definition) is 0. The van der Waals surface area contributed by atoms with Crippen LogP contribution in [0.2, 0.25) is 0 Å². The van der Waals surface area contributed by atoms with Crippen LogP contribution in [0.3, 0.4) is 0 Å². The molecule has 29 heavy (non-hydrogen) atoms. The lowest BCUT2D eigenvalue weighted by molar-refractivity contribution is 0.0598. The number of thioether (sulfide) groups is 1. The maximum atomic E-state index is 13.0. The van der Waals surface area contributed by atoms with E-state index in [1.54, 1.807) is 25.2 Å². The van der Waals surface area contributed by atoms with E-state index in [1.807, 2.05) is 19.1 Å². The summed E-state index contributed by atoms with van der Waals surface area (Å²) in [4.78, 5) is 31.3. The number of nitrogens with zero attached hydrogens (tertiary/aromatic N) is 3. The number of rotatable bonds is 8. The van der Waals surface area contributed by atoms with Crippen molar-refractivity contribution in [2.45, 2.75) is 30.5 Å². The molecule has 0 fully saturated rings. The number of aromatic nitrogens is 2. The van der Waals surface area contributed by atoms with Crippen LogP contribution < -0.4 is 0 Å². The van der Waals surface area contributed by atoms with Crippen molar-refractivity contribution in [1.29, 1.82) is 0 Å². The monoisotopic (exact) mass is 415 g/mol. The van der Waals surface area contributed by atoms with Crippen molar-refractivity contribution < 1.29 is 23.3 Å². The van der Waals surface area contributed by atoms with E-state index >= 15 is 0 Å². The minimum Gasteiger partial charge on any atom is -0.468 e. The zero-order chi connectivity index (χ0) is 20.8. The highest BCUT2D eigenvalue weighted by Gasteiger charge is 2.20. The third-order valence-electron chi connectivity index (χ3n) is 4.17. The first kappa shape index (κ1) is 20.7. The Hall–Kier alpha value is -3.07. The van der Waals surface area contributed by atoms with Crippen LogP contribution >= 0.6 is 11.8 Å². The van der Waals surface area contributed by atoms with Gasteiger partial charge in [0.15, 0.2) is 5.82 Å². The molecule has 2 aromatic heterocycles. The molecule has 2 heterocycles. The van der Waals surface area contributed by atoms with Crippen molar-refractivity contribution in [2.24, 2.45) is 0 Å². The van der Waals surface area contributed by atoms with Crippen molar-refractivity contribution in [2.75, 3.05) is 14.2 Å². The predicted molar refractivity (Wildman–Crippen MR) is 106 cm³/mol. The lowest BCUT2D eigenvalue weighted by atomic mass is 10.2. The smallest absolute Gasteiger partial charge is 0.341 e. The average molecular weight is 415 g/mol. The van der Waals surface area contributed by atoms with E-state index in [2.05, 4.69) is 10.1 Å². The van der Waals surface area contributed by atoms with Gasteiger partial charge in [-0.05, 0) is 18.2 Å². The summed E-state index contributed by atoms with van der Waals surface area (Å²) in [7, 11) is 3.00. The van der Waals surface area contributed by atoms with Crippen LogP contribution in [0.15, 0.2) is 50.4 Å². The molecule has 0 radical (unpaired) electrons. The Morgan fingerprint density at radius 3 is 2.72 bits per heavy atom. The van der Waals surface area contributed by atoms with E-state index in [1.165, 1.54) is 30.0 Å². The Morgan fingerprint density at radius 1 is 1.21 bits per heavy atom. The second-order valence-corrected chi connectivity index (χ2v) is 7.17. The number of ether oxygens (including phenoxy) is 1. The first-order chi connectivity index (χ1) is 14.0. The van der Waals surface area contributed by atoms with Gasteiger partial charge in [-0.3, -0.25) is 4.79 Å². The van der Waals surface area contributed by atoms with E-state index in [0.717, 1.165) is 4.90 Å². The third kappa shape index (κ3) is 4.86. The Balaban J connectivity index is 1.72. The van der Waals surface area contributed by atoms with Crippen molar-refractivity contribution in [3.63, 3.8) is 0 Å². The molecule has 0 N–H and O–H groups in total. The molecule has 0 spiro atoms. The lowest BCUT2D eigenvalue weighted by Gasteiger charge is -2.17. The zero-order valence-corrected chi connectivity index (χ0v) is 17.2. The highest BCUT2D eigenvalue weighted by molar-refractivity contribution is 7.98. The molecule has 1 amide bonds. The maximum Gasteiger partial charge on any atom is 0.341 e. The molecule has 0 saturated heterocycles. The van der Waals surface area contributed by atoms with Crippen LogP contribution in [0, 0.1) is 0 Å². The number of aryl methyl sites for hydroxylation is 1. The van der Waals surface area contributed by atoms with Crippen LogP contribution in [0.25, 0.3) is 0 Å². The van der Waals surface area contributed by atoms with Gasteiger partial charge in [-0.2, -0.15) is 4.98 Å². The summed E-state index contributed by atoms with van der Waals surface area (Å²) < 4.78 is 15.3. The molecular formula is C20H21N3O5S. The molecule has 9 heteroatoms. The molecule has 8 nitrogen and oxygen atoms in total. The summed E-state index contributed by atoms with van der Waals surface area (Å²) in [6.07, 6.45) is 2.11. The van der Waals surface area contributed by atoms with E-state index in [9.17, 15) is 9.59 Å². The van der Waals surface area contributed by atoms with Crippen molar-refractivity contribution in [3.8, 4) is 0 Å². The average Bonchev–Trinajstić information content (AvgIpc) is 3.40. The van der Waals surface area contributed by atoms with Crippen molar-refractivity contribution in [1.82, 2.24) is 15.0 Å². The minimum absolute atomic E-state index is 0.169. The molecule has 0 atom stereocenters. The number of amides is 1. The molecule has 0 aliphatic heterocycles. The Morgan fingerprint density at radius 2 is 2.00 bits per heavy atom. The van der Waals surface area contributed by atoms with Gasteiger partial charge in [0.2, 0.25) is 5.89 Å². The van der Waals surface area contributed by atoms with E-state index in [-0.39, 0.29) is 12.5 Å². The summed E-state index contributed by atoms with van der Waals surface area (Å²) in [5.41, 5.74) is 0.922. The van der Waals surface area contributed by atoms with Crippen LogP contribution in [-0.4, -0.2) is 41.1 Å². The highest BCUT2D eigenvalue weighted by Crippen LogP contribution is 2.29. The molecule has 152 valence electrons. The third-order valence-corrected chi connectivity index (χ3v) is 5.25. The van der Waals surface area contributed by atoms with Gasteiger partial charge in [-0.25, -0.2) is 4.79 Å². The molecule has 0 bridgehead atoms. The summed E-state index contributed by atoms with van der Waals surface area (Å²) in [5, 5.41) is 3.85. The fourth-order valence-corrected chi connectivity index (χ4v) is 3.63. The second-order valence-electron chi connectivity index (χ2n) is 6.15. The number of carbonyl (C=O) groups excluding carboxylic acids is 2. The van der Waals surface area contributed by atoms with Crippen LogP contribution in [0.1, 0.15) is 45.1 Å². The Bertz CT molecular complexity index is 997. The first-order valence-electron chi connectivity index (χ1n) is 8.96. The van der Waals surface area contributed by atoms with Gasteiger partial charge < -0.3 is 18.6 Å². The number of carbonyl (C=O) groups is 2. The summed E-state index contributed by atoms with van der Waals surface area (Å²) in [6.45, 7) is 2.15. The second kappa shape index (κ2) is 9.42. The standard InChI is InChI=1S/C20H21N3O5S/c1-4-17-21-18(28-22-17)11-23(2)19(24)14-7-5-6-8-16(14)29-12-15-13(9-10-27-15)20(25)26-3/h5-10H,4,11-12H2,1-3H3. The summed E-state index contributed by atoms with van der Waals surface area (Å²) in [6, 6.07) is 8.85. The molecular weight excluding hydrogens is 394 g/mol. The van der Waals surface area contributed by atoms with Gasteiger partial charge >= 0.3 is 5.97 Å². The predicted octanol–water partition coefficient (Wildman–Crippen LogP) is 3.58. The number of furan rings is 1. The van der Waals surface area contributed by atoms with Crippen LogP contribution in [-0.2, 0) is 23.5 Å². The topological polar surface area (TPSA) is 98.7 Å². The first-order valence-corrected chi connectivity index (χ1v) is 9.95. The quantitative estimate of drug-likeness (QED) is 0.407. The summed E-state index contributed by atoms with van der Waals surface area (Å²) >= 11 is 1.41. The Labute approximate surface area is 172 Å². The minimum atomic E-state index is -0.454. The molecule has 1 aromatic carbocycles. The van der Waals surface area contributed by atoms with Crippen molar-refractivity contribution >= 4 is 23.6 Å². The van der Waals surface area contributed by atoms with Crippen LogP contribution in [0.5, 0.6) is 0 Å². The largest absolute Gasteiger partial charge is 0.468 e. The molecule has 0 aliphatic carbocycles. The van der Waals surface area contributed by atoms with Gasteiger partial charge in [0.05, 0.1) is 31.2 Å². The van der Waals surface area contributed by atoms with Gasteiger partial charge in [-0.1, -0.05) is 24.2 Å². The lowest BCUT2D eigenvalue weighted by Crippen LogP contribution is -2.26. The normalized spacial score (nSPS) is 10.7. The molecule has 3 aromatic rings. The Kier molecular flexibility index (Phi) is 6.71. The van der Waals surface area contributed by atoms with Gasteiger partial charge in [0, 0.05) is 18.4 Å². The number of hydrogen-bond acceptors (Lipinski definition) is 8. The van der Waals surface area contributed by atoms with E-state index in [4.69, 9.17) is 13.7 Å². The highest BCUT2D eigenvalue weighted by atomic mass is 32.2. The van der Waals surface area contributed by atoms with Crippen LogP contribution in [0.4, 0.5) is 0 Å². The van der Waals surface area contributed by atoms with Gasteiger partial charge in [0.25, 0.3) is 5.91 Å². The molecule has 3 rings (SSSR count). The van der Waals surface area contributed by atoms with E-state index < -0.39 is 5.97 Å². The van der Waals surface area contributed by atoms with Crippen molar-refractivity contribution in [3.05, 3.63) is 65.2 Å². The van der Waals surface area contributed by atoms with Gasteiger partial charge in [0.1, 0.15) is 11.3 Å². The fraction of sp³-hybridized carbons (Fsp3) is 0.300. The van der Waals surface area contributed by atoms with Gasteiger partial charge in [-0.15, -0.1) is 11.8 Å². The zero-order valence-electron chi connectivity index (χ0n) is 16.4. The maximum absolute atomic E-state index is 13.0. The number of esters is 1. The SMILES string of the molecule is CCc1noc(CN(C)C(=O)c2ccccc2SCc2occc2C(=O)OC)n1. The number of methoxy groups -OCH3 is 1. The summed E-state index contributed by atoms with van der Waals surface area (Å²) in [5.74, 6) is 1.25. The molecule has 0 saturated carbocycles.